The Morgan fingerprint density at radius 2 is 2.41 bits per heavy atom. The molecule has 0 bridgehead atoms. The minimum Gasteiger partial charge on any atom is -0.469 e. The van der Waals surface area contributed by atoms with Crippen molar-refractivity contribution in [2.75, 3.05) is 7.11 Å². The number of carbonyl (C=O) groups excluding carboxylic acids is 2. The molecule has 0 aromatic carbocycles. The zero-order valence-electron chi connectivity index (χ0n) is 10.1. The molecule has 0 aliphatic heterocycles. The summed E-state index contributed by atoms with van der Waals surface area (Å²) in [5, 5.41) is 0. The van der Waals surface area contributed by atoms with E-state index in [9.17, 15) is 9.59 Å². The molecule has 0 amide bonds. The average Bonchev–Trinajstić information content (AvgIpc) is 2.65. The highest BCUT2D eigenvalue weighted by molar-refractivity contribution is 5.77. The van der Waals surface area contributed by atoms with E-state index in [-0.39, 0.29) is 5.97 Å². The van der Waals surface area contributed by atoms with Crippen molar-refractivity contribution in [3.8, 4) is 0 Å². The molecule has 3 heteroatoms. The average molecular weight is 234 g/mol. The van der Waals surface area contributed by atoms with Crippen LogP contribution in [0, 0.1) is 11.8 Å². The van der Waals surface area contributed by atoms with Crippen LogP contribution in [0.1, 0.15) is 32.1 Å². The highest BCUT2D eigenvalue weighted by atomic mass is 16.5. The Kier molecular flexibility index (Phi) is 3.77. The SMILES string of the molecule is COC(=O)CCC/C=C1\C[C@H]2CC=C(C=O)[C@@H]12. The van der Waals surface area contributed by atoms with Gasteiger partial charge in [0.1, 0.15) is 6.29 Å². The van der Waals surface area contributed by atoms with Gasteiger partial charge in [0.05, 0.1) is 7.11 Å². The Balaban J connectivity index is 1.78. The van der Waals surface area contributed by atoms with Gasteiger partial charge in [-0.1, -0.05) is 17.7 Å². The van der Waals surface area contributed by atoms with Gasteiger partial charge >= 0.3 is 5.97 Å². The summed E-state index contributed by atoms with van der Waals surface area (Å²) in [5.41, 5.74) is 2.34. The molecule has 2 aliphatic rings. The van der Waals surface area contributed by atoms with Crippen molar-refractivity contribution in [2.45, 2.75) is 32.1 Å². The van der Waals surface area contributed by atoms with Crippen LogP contribution >= 0.6 is 0 Å². The lowest BCUT2D eigenvalue weighted by atomic mass is 9.68. The molecule has 17 heavy (non-hydrogen) atoms. The number of hydrogen-bond acceptors (Lipinski definition) is 3. The quantitative estimate of drug-likeness (QED) is 0.317. The fourth-order valence-electron chi connectivity index (χ4n) is 2.78. The molecule has 1 fully saturated rings. The van der Waals surface area contributed by atoms with Crippen LogP contribution in [0.15, 0.2) is 23.3 Å². The summed E-state index contributed by atoms with van der Waals surface area (Å²) in [6.07, 6.45) is 9.64. The standard InChI is InChI=1S/C14H18O3/c1-17-13(16)5-3-2-4-10-8-11-6-7-12(9-15)14(10)11/h4,7,9,11,14H,2-3,5-6,8H2,1H3/b10-4+/t11-,14+/m1/s1. The van der Waals surface area contributed by atoms with Crippen molar-refractivity contribution in [2.24, 2.45) is 11.8 Å². The molecule has 2 aliphatic carbocycles. The van der Waals surface area contributed by atoms with Gasteiger partial charge in [-0.3, -0.25) is 9.59 Å². The maximum absolute atomic E-state index is 10.9. The van der Waals surface area contributed by atoms with E-state index in [1.54, 1.807) is 0 Å². The molecule has 2 atom stereocenters. The number of ether oxygens (including phenoxy) is 1. The fourth-order valence-corrected chi connectivity index (χ4v) is 2.78. The Morgan fingerprint density at radius 1 is 1.59 bits per heavy atom. The minimum absolute atomic E-state index is 0.149. The Morgan fingerprint density at radius 3 is 3.12 bits per heavy atom. The predicted octanol–water partition coefficient (Wildman–Crippen LogP) is 2.42. The molecule has 0 spiro atoms. The van der Waals surface area contributed by atoms with Gasteiger partial charge in [0.15, 0.2) is 0 Å². The zero-order valence-corrected chi connectivity index (χ0v) is 10.1. The van der Waals surface area contributed by atoms with E-state index >= 15 is 0 Å². The number of carbonyl (C=O) groups is 2. The second-order valence-electron chi connectivity index (χ2n) is 4.75. The van der Waals surface area contributed by atoms with Crippen LogP contribution in [0.2, 0.25) is 0 Å². The summed E-state index contributed by atoms with van der Waals surface area (Å²) in [6, 6.07) is 0. The topological polar surface area (TPSA) is 43.4 Å². The largest absolute Gasteiger partial charge is 0.469 e. The molecular formula is C14H18O3. The third-order valence-electron chi connectivity index (χ3n) is 3.74. The molecule has 0 aromatic rings. The van der Waals surface area contributed by atoms with Crippen molar-refractivity contribution in [1.29, 1.82) is 0 Å². The summed E-state index contributed by atoms with van der Waals surface area (Å²) in [4.78, 5) is 21.8. The van der Waals surface area contributed by atoms with Crippen LogP contribution in [0.3, 0.4) is 0 Å². The maximum Gasteiger partial charge on any atom is 0.305 e. The number of allylic oxidation sites excluding steroid dienone is 4. The van der Waals surface area contributed by atoms with E-state index in [1.165, 1.54) is 12.7 Å². The molecule has 0 aromatic heterocycles. The molecular weight excluding hydrogens is 216 g/mol. The highest BCUT2D eigenvalue weighted by Gasteiger charge is 2.40. The van der Waals surface area contributed by atoms with Gasteiger partial charge in [-0.25, -0.2) is 0 Å². The van der Waals surface area contributed by atoms with Crippen LogP contribution in [-0.4, -0.2) is 19.4 Å². The monoisotopic (exact) mass is 234 g/mol. The molecule has 0 saturated heterocycles. The number of rotatable bonds is 5. The number of fused-ring (bicyclic) bond motifs is 1. The fraction of sp³-hybridized carbons (Fsp3) is 0.571. The summed E-state index contributed by atoms with van der Waals surface area (Å²) >= 11 is 0. The zero-order chi connectivity index (χ0) is 12.3. The van der Waals surface area contributed by atoms with Crippen LogP contribution in [0.25, 0.3) is 0 Å². The first kappa shape index (κ1) is 12.1. The van der Waals surface area contributed by atoms with E-state index in [4.69, 9.17) is 0 Å². The first-order valence-corrected chi connectivity index (χ1v) is 6.17. The van der Waals surface area contributed by atoms with Gasteiger partial charge in [-0.05, 0) is 37.2 Å². The summed E-state index contributed by atoms with van der Waals surface area (Å²) < 4.78 is 4.59. The second kappa shape index (κ2) is 5.30. The van der Waals surface area contributed by atoms with Crippen LogP contribution in [-0.2, 0) is 14.3 Å². The first-order valence-electron chi connectivity index (χ1n) is 6.17. The Labute approximate surface area is 102 Å². The molecule has 2 rings (SSSR count). The van der Waals surface area contributed by atoms with Crippen molar-refractivity contribution >= 4 is 12.3 Å². The first-order chi connectivity index (χ1) is 8.26. The molecule has 0 N–H and O–H groups in total. The van der Waals surface area contributed by atoms with E-state index in [2.05, 4.69) is 16.9 Å². The number of hydrogen-bond donors (Lipinski definition) is 0. The van der Waals surface area contributed by atoms with Crippen molar-refractivity contribution < 1.29 is 14.3 Å². The Bertz CT molecular complexity index is 379. The number of methoxy groups -OCH3 is 1. The summed E-state index contributed by atoms with van der Waals surface area (Å²) in [6.45, 7) is 0. The molecule has 0 unspecified atom stereocenters. The van der Waals surface area contributed by atoms with Crippen molar-refractivity contribution in [3.63, 3.8) is 0 Å². The molecule has 92 valence electrons. The Hall–Kier alpha value is -1.38. The number of aldehydes is 1. The lowest BCUT2D eigenvalue weighted by molar-refractivity contribution is -0.140. The second-order valence-corrected chi connectivity index (χ2v) is 4.75. The van der Waals surface area contributed by atoms with Crippen LogP contribution in [0.5, 0.6) is 0 Å². The van der Waals surface area contributed by atoms with Gasteiger partial charge in [-0.15, -0.1) is 0 Å². The summed E-state index contributed by atoms with van der Waals surface area (Å²) in [7, 11) is 1.41. The normalized spacial score (nSPS) is 28.3. The van der Waals surface area contributed by atoms with Gasteiger partial charge in [0, 0.05) is 12.3 Å². The third kappa shape index (κ3) is 2.48. The van der Waals surface area contributed by atoms with E-state index in [0.29, 0.717) is 18.3 Å². The van der Waals surface area contributed by atoms with E-state index < -0.39 is 0 Å². The number of unbranched alkanes of at least 4 members (excludes halogenated alkanes) is 1. The smallest absolute Gasteiger partial charge is 0.305 e. The van der Waals surface area contributed by atoms with Crippen LogP contribution in [0.4, 0.5) is 0 Å². The molecule has 3 nitrogen and oxygen atoms in total. The lowest BCUT2D eigenvalue weighted by Crippen LogP contribution is -2.26. The van der Waals surface area contributed by atoms with Gasteiger partial charge in [-0.2, -0.15) is 0 Å². The number of esters is 1. The van der Waals surface area contributed by atoms with Gasteiger partial charge < -0.3 is 4.74 Å². The predicted molar refractivity (Wildman–Crippen MR) is 64.3 cm³/mol. The van der Waals surface area contributed by atoms with Gasteiger partial charge in [0.25, 0.3) is 0 Å². The molecule has 0 heterocycles. The summed E-state index contributed by atoms with van der Waals surface area (Å²) in [5.74, 6) is 0.914. The molecule has 0 radical (unpaired) electrons. The molecule has 1 saturated carbocycles. The maximum atomic E-state index is 10.9. The minimum atomic E-state index is -0.149. The lowest BCUT2D eigenvalue weighted by Gasteiger charge is -2.35. The van der Waals surface area contributed by atoms with E-state index in [0.717, 1.165) is 37.5 Å². The third-order valence-corrected chi connectivity index (χ3v) is 3.74. The van der Waals surface area contributed by atoms with E-state index in [1.807, 2.05) is 0 Å². The van der Waals surface area contributed by atoms with Crippen molar-refractivity contribution in [3.05, 3.63) is 23.3 Å². The van der Waals surface area contributed by atoms with Crippen molar-refractivity contribution in [1.82, 2.24) is 0 Å². The highest BCUT2D eigenvalue weighted by Crippen LogP contribution is 2.50. The van der Waals surface area contributed by atoms with Crippen LogP contribution < -0.4 is 0 Å². The van der Waals surface area contributed by atoms with Gasteiger partial charge in [0.2, 0.25) is 0 Å².